The van der Waals surface area contributed by atoms with Gasteiger partial charge in [0.1, 0.15) is 11.5 Å². The molecular weight excluding hydrogens is 352 g/mol. The maximum atomic E-state index is 12.0. The topological polar surface area (TPSA) is 74.8 Å². The van der Waals surface area contributed by atoms with Crippen molar-refractivity contribution >= 4 is 23.7 Å². The highest BCUT2D eigenvalue weighted by Crippen LogP contribution is 2.22. The number of nitrogens with zero attached hydrogens (tertiary/aromatic N) is 1. The Labute approximate surface area is 155 Å². The van der Waals surface area contributed by atoms with Gasteiger partial charge in [-0.05, 0) is 48.7 Å². The van der Waals surface area contributed by atoms with Crippen molar-refractivity contribution in [1.29, 1.82) is 0 Å². The SMILES string of the molecule is Cc1occc1C(=O)N/N=C/c1cc(Cc2ccccc2Cl)ccc1O. The summed E-state index contributed by atoms with van der Waals surface area (Å²) in [6, 6.07) is 14.4. The predicted molar refractivity (Wildman–Crippen MR) is 101 cm³/mol. The van der Waals surface area contributed by atoms with Gasteiger partial charge in [-0.2, -0.15) is 5.10 Å². The van der Waals surface area contributed by atoms with Gasteiger partial charge >= 0.3 is 0 Å². The van der Waals surface area contributed by atoms with Crippen LogP contribution in [0, 0.1) is 6.92 Å². The van der Waals surface area contributed by atoms with Gasteiger partial charge in [0.05, 0.1) is 18.0 Å². The van der Waals surface area contributed by atoms with Crippen molar-refractivity contribution in [3.63, 3.8) is 0 Å². The zero-order valence-corrected chi connectivity index (χ0v) is 14.8. The number of benzene rings is 2. The van der Waals surface area contributed by atoms with Crippen molar-refractivity contribution in [3.8, 4) is 5.75 Å². The molecule has 0 aliphatic rings. The second kappa shape index (κ2) is 7.89. The van der Waals surface area contributed by atoms with Crippen LogP contribution in [0.5, 0.6) is 5.75 Å². The van der Waals surface area contributed by atoms with Gasteiger partial charge in [0.2, 0.25) is 0 Å². The smallest absolute Gasteiger partial charge is 0.274 e. The average molecular weight is 369 g/mol. The molecule has 0 radical (unpaired) electrons. The highest BCUT2D eigenvalue weighted by Gasteiger charge is 2.10. The Balaban J connectivity index is 1.72. The summed E-state index contributed by atoms with van der Waals surface area (Å²) in [6.45, 7) is 1.70. The minimum Gasteiger partial charge on any atom is -0.507 e. The highest BCUT2D eigenvalue weighted by molar-refractivity contribution is 6.31. The molecule has 5 nitrogen and oxygen atoms in total. The summed E-state index contributed by atoms with van der Waals surface area (Å²) in [5, 5.41) is 14.6. The number of aromatic hydroxyl groups is 1. The molecule has 0 spiro atoms. The Morgan fingerprint density at radius 3 is 2.81 bits per heavy atom. The van der Waals surface area contributed by atoms with Crippen LogP contribution in [0.25, 0.3) is 0 Å². The van der Waals surface area contributed by atoms with Gasteiger partial charge in [0.25, 0.3) is 5.91 Å². The summed E-state index contributed by atoms with van der Waals surface area (Å²) in [7, 11) is 0. The number of hydrazone groups is 1. The van der Waals surface area contributed by atoms with E-state index in [0.29, 0.717) is 28.3 Å². The number of halogens is 1. The van der Waals surface area contributed by atoms with Gasteiger partial charge in [0, 0.05) is 10.6 Å². The fraction of sp³-hybridized carbons (Fsp3) is 0.100. The van der Waals surface area contributed by atoms with E-state index in [0.717, 1.165) is 11.1 Å². The zero-order chi connectivity index (χ0) is 18.5. The third-order valence-corrected chi connectivity index (χ3v) is 4.29. The van der Waals surface area contributed by atoms with E-state index < -0.39 is 0 Å². The van der Waals surface area contributed by atoms with E-state index in [-0.39, 0.29) is 11.7 Å². The number of furan rings is 1. The number of aryl methyl sites for hydroxylation is 1. The molecule has 1 aromatic heterocycles. The lowest BCUT2D eigenvalue weighted by molar-refractivity contribution is 0.0953. The quantitative estimate of drug-likeness (QED) is 0.520. The molecule has 0 saturated heterocycles. The van der Waals surface area contributed by atoms with E-state index in [1.165, 1.54) is 12.5 Å². The van der Waals surface area contributed by atoms with Crippen molar-refractivity contribution in [2.45, 2.75) is 13.3 Å². The van der Waals surface area contributed by atoms with Crippen LogP contribution in [0.15, 0.2) is 64.3 Å². The molecular formula is C20H17ClN2O3. The number of carbonyl (C=O) groups excluding carboxylic acids is 1. The Bertz CT molecular complexity index is 963. The van der Waals surface area contributed by atoms with Crippen LogP contribution in [0.4, 0.5) is 0 Å². The molecule has 26 heavy (non-hydrogen) atoms. The van der Waals surface area contributed by atoms with Crippen LogP contribution < -0.4 is 5.43 Å². The van der Waals surface area contributed by atoms with Crippen molar-refractivity contribution < 1.29 is 14.3 Å². The summed E-state index contributed by atoms with van der Waals surface area (Å²) >= 11 is 6.19. The van der Waals surface area contributed by atoms with Gasteiger partial charge in [-0.25, -0.2) is 5.43 Å². The summed E-state index contributed by atoms with van der Waals surface area (Å²) in [6.07, 6.45) is 3.47. The normalized spacial score (nSPS) is 11.0. The monoisotopic (exact) mass is 368 g/mol. The Kier molecular flexibility index (Phi) is 5.39. The number of hydrogen-bond acceptors (Lipinski definition) is 4. The number of rotatable bonds is 5. The number of phenols is 1. The molecule has 0 unspecified atom stereocenters. The molecule has 0 saturated carbocycles. The maximum absolute atomic E-state index is 12.0. The first-order valence-corrected chi connectivity index (χ1v) is 8.35. The molecule has 3 rings (SSSR count). The van der Waals surface area contributed by atoms with Gasteiger partial charge in [0.15, 0.2) is 0 Å². The van der Waals surface area contributed by atoms with Crippen LogP contribution in [0.2, 0.25) is 5.02 Å². The summed E-state index contributed by atoms with van der Waals surface area (Å²) < 4.78 is 5.09. The summed E-state index contributed by atoms with van der Waals surface area (Å²) in [5.74, 6) is 0.215. The van der Waals surface area contributed by atoms with Gasteiger partial charge in [-0.3, -0.25) is 4.79 Å². The van der Waals surface area contributed by atoms with Gasteiger partial charge in [-0.15, -0.1) is 0 Å². The molecule has 6 heteroatoms. The number of carbonyl (C=O) groups is 1. The largest absolute Gasteiger partial charge is 0.507 e. The summed E-state index contributed by atoms with van der Waals surface area (Å²) in [5.41, 5.74) is 5.29. The number of phenolic OH excluding ortho intramolecular Hbond substituents is 1. The fourth-order valence-electron chi connectivity index (χ4n) is 2.52. The molecule has 0 aliphatic carbocycles. The molecule has 2 aromatic carbocycles. The van der Waals surface area contributed by atoms with E-state index in [1.54, 1.807) is 25.1 Å². The van der Waals surface area contributed by atoms with Gasteiger partial charge < -0.3 is 9.52 Å². The molecule has 0 aliphatic heterocycles. The lowest BCUT2D eigenvalue weighted by atomic mass is 10.0. The third-order valence-electron chi connectivity index (χ3n) is 3.92. The lowest BCUT2D eigenvalue weighted by Crippen LogP contribution is -2.17. The predicted octanol–water partition coefficient (Wildman–Crippen LogP) is 4.30. The molecule has 0 atom stereocenters. The molecule has 0 bridgehead atoms. The molecule has 1 amide bonds. The Morgan fingerprint density at radius 1 is 1.27 bits per heavy atom. The Hall–Kier alpha value is -3.05. The fourth-order valence-corrected chi connectivity index (χ4v) is 2.72. The van der Waals surface area contributed by atoms with Crippen LogP contribution in [0.3, 0.4) is 0 Å². The van der Waals surface area contributed by atoms with E-state index in [2.05, 4.69) is 10.5 Å². The molecule has 0 fully saturated rings. The zero-order valence-electron chi connectivity index (χ0n) is 14.1. The summed E-state index contributed by atoms with van der Waals surface area (Å²) in [4.78, 5) is 12.0. The van der Waals surface area contributed by atoms with E-state index >= 15 is 0 Å². The molecule has 2 N–H and O–H groups in total. The van der Waals surface area contributed by atoms with E-state index in [9.17, 15) is 9.90 Å². The maximum Gasteiger partial charge on any atom is 0.274 e. The highest BCUT2D eigenvalue weighted by atomic mass is 35.5. The van der Waals surface area contributed by atoms with Crippen molar-refractivity contribution in [3.05, 3.63) is 87.8 Å². The van der Waals surface area contributed by atoms with Crippen molar-refractivity contribution in [2.75, 3.05) is 0 Å². The van der Waals surface area contributed by atoms with Crippen molar-refractivity contribution in [2.24, 2.45) is 5.10 Å². The standard InChI is InChI=1S/C20H17ClN2O3/c1-13-17(8-9-26-13)20(25)23-22-12-16-11-14(6-7-19(16)24)10-15-4-2-3-5-18(15)21/h2-9,11-12,24H,10H2,1H3,(H,23,25)/b22-12+. The lowest BCUT2D eigenvalue weighted by Gasteiger charge is -2.06. The third kappa shape index (κ3) is 4.13. The Morgan fingerprint density at radius 2 is 2.08 bits per heavy atom. The molecule has 3 aromatic rings. The van der Waals surface area contributed by atoms with Crippen LogP contribution >= 0.6 is 11.6 Å². The second-order valence-electron chi connectivity index (χ2n) is 5.75. The number of nitrogens with one attached hydrogen (secondary N) is 1. The first kappa shape index (κ1) is 17.8. The first-order chi connectivity index (χ1) is 12.5. The molecule has 1 heterocycles. The minimum absolute atomic E-state index is 0.0744. The van der Waals surface area contributed by atoms with Gasteiger partial charge in [-0.1, -0.05) is 35.9 Å². The van der Waals surface area contributed by atoms with Crippen LogP contribution in [0.1, 0.15) is 32.8 Å². The van der Waals surface area contributed by atoms with E-state index in [1.807, 2.05) is 30.3 Å². The van der Waals surface area contributed by atoms with Crippen LogP contribution in [-0.2, 0) is 6.42 Å². The first-order valence-electron chi connectivity index (χ1n) is 7.97. The average Bonchev–Trinajstić information content (AvgIpc) is 3.05. The van der Waals surface area contributed by atoms with Crippen LogP contribution in [-0.4, -0.2) is 17.2 Å². The second-order valence-corrected chi connectivity index (χ2v) is 6.16. The number of amides is 1. The number of hydrogen-bond donors (Lipinski definition) is 2. The molecule has 132 valence electrons. The van der Waals surface area contributed by atoms with Crippen molar-refractivity contribution in [1.82, 2.24) is 5.43 Å². The van der Waals surface area contributed by atoms with E-state index in [4.69, 9.17) is 16.0 Å². The minimum atomic E-state index is -0.376.